The van der Waals surface area contributed by atoms with E-state index in [1.807, 2.05) is 12.3 Å². The number of hydrogen-bond donors (Lipinski definition) is 2. The van der Waals surface area contributed by atoms with Crippen molar-refractivity contribution in [3.05, 3.63) is 24.4 Å². The molecule has 0 aromatic heterocycles. The summed E-state index contributed by atoms with van der Waals surface area (Å²) in [4.78, 5) is 0. The molecule has 2 heterocycles. The Balaban J connectivity index is 1.76. The quantitative estimate of drug-likeness (QED) is 0.658. The van der Waals surface area contributed by atoms with Crippen LogP contribution >= 0.6 is 0 Å². The maximum absolute atomic E-state index is 5.30. The molecule has 1 atom stereocenters. The van der Waals surface area contributed by atoms with Crippen molar-refractivity contribution in [2.75, 3.05) is 13.2 Å². The SMILES string of the molecule is C1=CNC(NC2CCOCC2)C=C1. The molecule has 0 aliphatic carbocycles. The highest BCUT2D eigenvalue weighted by Gasteiger charge is 2.16. The molecule has 72 valence electrons. The number of nitrogens with one attached hydrogen (secondary N) is 2. The van der Waals surface area contributed by atoms with Crippen LogP contribution in [0.3, 0.4) is 0 Å². The van der Waals surface area contributed by atoms with Crippen molar-refractivity contribution in [2.45, 2.75) is 25.0 Å². The molecule has 0 radical (unpaired) electrons. The van der Waals surface area contributed by atoms with Crippen molar-refractivity contribution >= 4 is 0 Å². The van der Waals surface area contributed by atoms with E-state index in [0.717, 1.165) is 26.1 Å². The Kier molecular flexibility index (Phi) is 3.00. The van der Waals surface area contributed by atoms with Crippen LogP contribution < -0.4 is 10.6 Å². The second-order valence-electron chi connectivity index (χ2n) is 3.44. The highest BCUT2D eigenvalue weighted by molar-refractivity contribution is 5.11. The van der Waals surface area contributed by atoms with Crippen molar-refractivity contribution in [1.82, 2.24) is 10.6 Å². The minimum atomic E-state index is 0.299. The molecule has 0 bridgehead atoms. The molecular weight excluding hydrogens is 164 g/mol. The molecule has 1 fully saturated rings. The van der Waals surface area contributed by atoms with E-state index < -0.39 is 0 Å². The summed E-state index contributed by atoms with van der Waals surface area (Å²) in [6.45, 7) is 1.79. The minimum absolute atomic E-state index is 0.299. The lowest BCUT2D eigenvalue weighted by molar-refractivity contribution is 0.0757. The Morgan fingerprint density at radius 3 is 2.77 bits per heavy atom. The van der Waals surface area contributed by atoms with Crippen LogP contribution in [-0.2, 0) is 4.74 Å². The van der Waals surface area contributed by atoms with Gasteiger partial charge in [0.25, 0.3) is 0 Å². The molecule has 2 aliphatic heterocycles. The number of allylic oxidation sites excluding steroid dienone is 2. The maximum atomic E-state index is 5.30. The fourth-order valence-electron chi connectivity index (χ4n) is 1.67. The first-order chi connectivity index (χ1) is 6.45. The molecule has 0 aromatic carbocycles. The van der Waals surface area contributed by atoms with E-state index in [4.69, 9.17) is 4.74 Å². The molecule has 1 unspecified atom stereocenters. The maximum Gasteiger partial charge on any atom is 0.0961 e. The first-order valence-electron chi connectivity index (χ1n) is 4.88. The Morgan fingerprint density at radius 2 is 2.08 bits per heavy atom. The molecule has 3 heteroatoms. The molecule has 3 nitrogen and oxygen atoms in total. The predicted molar refractivity (Wildman–Crippen MR) is 52.2 cm³/mol. The van der Waals surface area contributed by atoms with Gasteiger partial charge in [-0.25, -0.2) is 0 Å². The van der Waals surface area contributed by atoms with Gasteiger partial charge in [-0.3, -0.25) is 5.32 Å². The van der Waals surface area contributed by atoms with Gasteiger partial charge in [-0.1, -0.05) is 6.08 Å². The first kappa shape index (κ1) is 8.78. The molecule has 1 saturated heterocycles. The van der Waals surface area contributed by atoms with Gasteiger partial charge in [-0.15, -0.1) is 0 Å². The van der Waals surface area contributed by atoms with Crippen LogP contribution in [-0.4, -0.2) is 25.4 Å². The standard InChI is InChI=1S/C10H16N2O/c1-2-6-11-10(3-1)12-9-4-7-13-8-5-9/h1-3,6,9-12H,4-5,7-8H2. The zero-order valence-electron chi connectivity index (χ0n) is 7.70. The molecule has 13 heavy (non-hydrogen) atoms. The lowest BCUT2D eigenvalue weighted by atomic mass is 10.1. The molecule has 0 aromatic rings. The van der Waals surface area contributed by atoms with Crippen LogP contribution in [0.5, 0.6) is 0 Å². The van der Waals surface area contributed by atoms with Crippen LogP contribution in [0.2, 0.25) is 0 Å². The monoisotopic (exact) mass is 180 g/mol. The molecule has 2 aliphatic rings. The second-order valence-corrected chi connectivity index (χ2v) is 3.44. The van der Waals surface area contributed by atoms with Gasteiger partial charge in [0.1, 0.15) is 0 Å². The fraction of sp³-hybridized carbons (Fsp3) is 0.600. The van der Waals surface area contributed by atoms with Gasteiger partial charge in [-0.2, -0.15) is 0 Å². The second kappa shape index (κ2) is 4.44. The topological polar surface area (TPSA) is 33.3 Å². The van der Waals surface area contributed by atoms with E-state index in [0.29, 0.717) is 12.2 Å². The van der Waals surface area contributed by atoms with Gasteiger partial charge in [0.05, 0.1) is 6.17 Å². The lowest BCUT2D eigenvalue weighted by Crippen LogP contribution is -2.46. The zero-order valence-corrected chi connectivity index (χ0v) is 7.70. The molecule has 0 spiro atoms. The van der Waals surface area contributed by atoms with E-state index in [-0.39, 0.29) is 0 Å². The average molecular weight is 180 g/mol. The summed E-state index contributed by atoms with van der Waals surface area (Å²) in [5.74, 6) is 0. The summed E-state index contributed by atoms with van der Waals surface area (Å²) in [5, 5.41) is 6.78. The average Bonchev–Trinajstić information content (AvgIpc) is 2.21. The molecule has 2 rings (SSSR count). The third kappa shape index (κ3) is 2.57. The number of rotatable bonds is 2. The van der Waals surface area contributed by atoms with Crippen LogP contribution in [0.4, 0.5) is 0 Å². The third-order valence-corrected chi connectivity index (χ3v) is 2.42. The van der Waals surface area contributed by atoms with Crippen molar-refractivity contribution < 1.29 is 4.74 Å². The molecule has 0 saturated carbocycles. The number of ether oxygens (including phenoxy) is 1. The van der Waals surface area contributed by atoms with Crippen molar-refractivity contribution in [3.8, 4) is 0 Å². The van der Waals surface area contributed by atoms with E-state index in [1.54, 1.807) is 0 Å². The predicted octanol–water partition coefficient (Wildman–Crippen LogP) is 0.754. The minimum Gasteiger partial charge on any atom is -0.381 e. The van der Waals surface area contributed by atoms with Crippen LogP contribution in [0.1, 0.15) is 12.8 Å². The summed E-state index contributed by atoms with van der Waals surface area (Å²) in [6, 6.07) is 0.599. The van der Waals surface area contributed by atoms with Crippen LogP contribution in [0.25, 0.3) is 0 Å². The molecule has 2 N–H and O–H groups in total. The van der Waals surface area contributed by atoms with Gasteiger partial charge in [-0.05, 0) is 31.2 Å². The summed E-state index contributed by atoms with van der Waals surface area (Å²) in [6.07, 6.45) is 10.7. The normalized spacial score (nSPS) is 28.8. The summed E-state index contributed by atoms with van der Waals surface area (Å²) in [5.41, 5.74) is 0. The summed E-state index contributed by atoms with van der Waals surface area (Å²) >= 11 is 0. The number of dihydropyridines is 1. The Morgan fingerprint density at radius 1 is 1.23 bits per heavy atom. The highest BCUT2D eigenvalue weighted by atomic mass is 16.5. The molecular formula is C10H16N2O. The number of hydrogen-bond acceptors (Lipinski definition) is 3. The smallest absolute Gasteiger partial charge is 0.0961 e. The van der Waals surface area contributed by atoms with Crippen molar-refractivity contribution in [2.24, 2.45) is 0 Å². The zero-order chi connectivity index (χ0) is 8.93. The van der Waals surface area contributed by atoms with Gasteiger partial charge in [0.2, 0.25) is 0 Å². The highest BCUT2D eigenvalue weighted by Crippen LogP contribution is 2.07. The van der Waals surface area contributed by atoms with Gasteiger partial charge < -0.3 is 10.1 Å². The van der Waals surface area contributed by atoms with E-state index in [9.17, 15) is 0 Å². The van der Waals surface area contributed by atoms with E-state index >= 15 is 0 Å². The van der Waals surface area contributed by atoms with Crippen LogP contribution in [0, 0.1) is 0 Å². The van der Waals surface area contributed by atoms with E-state index in [1.165, 1.54) is 0 Å². The Labute approximate surface area is 78.8 Å². The largest absolute Gasteiger partial charge is 0.381 e. The Bertz CT molecular complexity index is 207. The van der Waals surface area contributed by atoms with Crippen molar-refractivity contribution in [1.29, 1.82) is 0 Å². The molecule has 0 amide bonds. The Hall–Kier alpha value is -0.800. The van der Waals surface area contributed by atoms with Gasteiger partial charge in [0.15, 0.2) is 0 Å². The van der Waals surface area contributed by atoms with E-state index in [2.05, 4.69) is 22.8 Å². The summed E-state index contributed by atoms with van der Waals surface area (Å²) < 4.78 is 5.30. The van der Waals surface area contributed by atoms with Crippen molar-refractivity contribution in [3.63, 3.8) is 0 Å². The third-order valence-electron chi connectivity index (χ3n) is 2.42. The fourth-order valence-corrected chi connectivity index (χ4v) is 1.67. The van der Waals surface area contributed by atoms with Crippen LogP contribution in [0.15, 0.2) is 24.4 Å². The summed E-state index contributed by atoms with van der Waals surface area (Å²) in [7, 11) is 0. The van der Waals surface area contributed by atoms with Gasteiger partial charge >= 0.3 is 0 Å². The lowest BCUT2D eigenvalue weighted by Gasteiger charge is -2.28. The first-order valence-corrected chi connectivity index (χ1v) is 4.88. The van der Waals surface area contributed by atoms with Gasteiger partial charge in [0, 0.05) is 19.3 Å².